The molecule has 6 rings (SSSR count). The number of carbonyl (C=O) groups excluding carboxylic acids is 2. The molecule has 0 aromatic carbocycles. The highest BCUT2D eigenvalue weighted by molar-refractivity contribution is 6.17. The minimum absolute atomic E-state index is 0.148. The third-order valence-electron chi connectivity index (χ3n) is 12.1. The van der Waals surface area contributed by atoms with E-state index >= 15 is 0 Å². The van der Waals surface area contributed by atoms with E-state index in [1.165, 1.54) is 18.4 Å². The van der Waals surface area contributed by atoms with E-state index in [0.717, 1.165) is 30.3 Å². The molecule has 8 bridgehead atoms. The molecule has 2 aromatic heterocycles. The van der Waals surface area contributed by atoms with Gasteiger partial charge >= 0.3 is 11.9 Å². The van der Waals surface area contributed by atoms with Gasteiger partial charge in [0.2, 0.25) is 0 Å². The van der Waals surface area contributed by atoms with Gasteiger partial charge in [0.15, 0.2) is 11.3 Å². The van der Waals surface area contributed by atoms with Crippen LogP contribution in [0, 0.1) is 17.8 Å². The molecule has 8 atom stereocenters. The molecule has 1 aliphatic carbocycles. The Labute approximate surface area is 258 Å². The predicted octanol–water partition coefficient (Wildman–Crippen LogP) is 2.83. The fourth-order valence-corrected chi connectivity index (χ4v) is 10.0. The van der Waals surface area contributed by atoms with Crippen LogP contribution in [0.5, 0.6) is 0 Å². The van der Waals surface area contributed by atoms with Crippen LogP contribution >= 0.6 is 0 Å². The Morgan fingerprint density at radius 1 is 1.16 bits per heavy atom. The first-order valence-electron chi connectivity index (χ1n) is 15.9. The zero-order valence-electron chi connectivity index (χ0n) is 26.7. The van der Waals surface area contributed by atoms with Gasteiger partial charge in [0.1, 0.15) is 0 Å². The number of aromatic nitrogens is 2. The number of carbonyl (C=O) groups is 3. The summed E-state index contributed by atoms with van der Waals surface area (Å²) >= 11 is 0. The molecule has 4 aliphatic rings. The van der Waals surface area contributed by atoms with Crippen LogP contribution in [0.4, 0.5) is 0 Å². The van der Waals surface area contributed by atoms with Crippen molar-refractivity contribution < 1.29 is 24.2 Å². The maximum Gasteiger partial charge on any atom is 0.338 e. The van der Waals surface area contributed by atoms with Crippen LogP contribution in [-0.2, 0) is 31.0 Å². The summed E-state index contributed by atoms with van der Waals surface area (Å²) < 4.78 is 5.27. The van der Waals surface area contributed by atoms with E-state index in [2.05, 4.69) is 67.0 Å². The lowest BCUT2D eigenvalue weighted by Crippen LogP contribution is -2.64. The highest BCUT2D eigenvalue weighted by Gasteiger charge is 2.68. The summed E-state index contributed by atoms with van der Waals surface area (Å²) in [6.07, 6.45) is 9.01. The summed E-state index contributed by atoms with van der Waals surface area (Å²) in [4.78, 5) is 47.2. The van der Waals surface area contributed by atoms with Gasteiger partial charge in [-0.2, -0.15) is 0 Å². The standard InChI is InChI=1S/C35H46N4O5/c1-8-26-20(3)35(9-2)31(5)14-12-22-16-25(37-28(22)31)17-23-10-11-24(36-23)18-34(30(43)44-7)29(42)21(4)33(39-34,15-13-27(40)41)19-32(26,6)38-35/h9-11,16-18,20-21,26,36-39H,2,8,12-15,19H2,1,3-7H3,(H,40,41)/b23-17-,24-18-. The number of aliphatic carboxylic acids is 1. The molecular formula is C35H46N4O5. The number of esters is 1. The molecule has 2 saturated heterocycles. The number of ketones is 1. The molecule has 0 spiro atoms. The fraction of sp³-hybridized carbons (Fsp3) is 0.571. The summed E-state index contributed by atoms with van der Waals surface area (Å²) in [6.45, 7) is 15.3. The summed E-state index contributed by atoms with van der Waals surface area (Å²) in [7, 11) is 1.28. The van der Waals surface area contributed by atoms with Crippen molar-refractivity contribution in [3.05, 3.63) is 58.5 Å². The number of rotatable bonds is 6. The third-order valence-corrected chi connectivity index (χ3v) is 12.1. The van der Waals surface area contributed by atoms with Crippen molar-refractivity contribution in [2.75, 3.05) is 7.11 Å². The first kappa shape index (κ1) is 30.6. The average molecular weight is 603 g/mol. The number of hydrogen-bond acceptors (Lipinski definition) is 6. The number of fused-ring (bicyclic) bond motifs is 8. The summed E-state index contributed by atoms with van der Waals surface area (Å²) in [5.74, 6) is -2.30. The molecule has 2 fully saturated rings. The summed E-state index contributed by atoms with van der Waals surface area (Å²) in [5.41, 5.74) is -0.582. The molecular weight excluding hydrogens is 556 g/mol. The van der Waals surface area contributed by atoms with Crippen LogP contribution in [0.15, 0.2) is 30.9 Å². The number of ether oxygens (including phenoxy) is 1. The first-order valence-corrected chi connectivity index (χ1v) is 15.9. The second kappa shape index (κ2) is 10.0. The van der Waals surface area contributed by atoms with Gasteiger partial charge < -0.3 is 25.1 Å². The van der Waals surface area contributed by atoms with Crippen molar-refractivity contribution >= 4 is 29.9 Å². The zero-order chi connectivity index (χ0) is 31.9. The van der Waals surface area contributed by atoms with E-state index in [0.29, 0.717) is 11.8 Å². The second-order valence-corrected chi connectivity index (χ2v) is 14.3. The molecule has 5 N–H and O–H groups in total. The van der Waals surface area contributed by atoms with Crippen molar-refractivity contribution in [2.24, 2.45) is 17.8 Å². The number of carboxylic acids is 1. The minimum Gasteiger partial charge on any atom is -0.481 e. The van der Waals surface area contributed by atoms with Crippen LogP contribution < -0.4 is 21.3 Å². The topological polar surface area (TPSA) is 136 Å². The van der Waals surface area contributed by atoms with Gasteiger partial charge in [0.25, 0.3) is 0 Å². The van der Waals surface area contributed by atoms with Crippen LogP contribution in [0.2, 0.25) is 0 Å². The van der Waals surface area contributed by atoms with Crippen LogP contribution in [0.1, 0.15) is 83.7 Å². The molecule has 3 aliphatic heterocycles. The van der Waals surface area contributed by atoms with Crippen molar-refractivity contribution in [2.45, 2.75) is 101 Å². The highest BCUT2D eigenvalue weighted by atomic mass is 16.5. The number of Topliss-reactive ketones (excluding diaryl/α,β-unsaturated/α-hetero) is 1. The molecule has 9 heteroatoms. The fourth-order valence-electron chi connectivity index (χ4n) is 10.0. The van der Waals surface area contributed by atoms with Crippen LogP contribution in [0.25, 0.3) is 12.2 Å². The smallest absolute Gasteiger partial charge is 0.338 e. The van der Waals surface area contributed by atoms with E-state index in [4.69, 9.17) is 4.74 Å². The Kier molecular flexibility index (Phi) is 6.98. The Morgan fingerprint density at radius 2 is 1.89 bits per heavy atom. The Morgan fingerprint density at radius 3 is 2.55 bits per heavy atom. The van der Waals surface area contributed by atoms with Crippen LogP contribution in [0.3, 0.4) is 0 Å². The lowest BCUT2D eigenvalue weighted by Gasteiger charge is -2.48. The maximum absolute atomic E-state index is 14.4. The molecule has 0 amide bonds. The van der Waals surface area contributed by atoms with E-state index in [1.807, 2.05) is 25.1 Å². The van der Waals surface area contributed by atoms with E-state index in [-0.39, 0.29) is 35.9 Å². The number of nitrogens with one attached hydrogen (secondary N) is 4. The monoisotopic (exact) mass is 602 g/mol. The third kappa shape index (κ3) is 4.01. The second-order valence-electron chi connectivity index (χ2n) is 14.3. The average Bonchev–Trinajstić information content (AvgIpc) is 3.76. The Balaban J connectivity index is 1.65. The first-order chi connectivity index (χ1) is 20.7. The Hall–Kier alpha value is -3.43. The number of methoxy groups -OCH3 is 1. The van der Waals surface area contributed by atoms with Crippen LogP contribution in [-0.4, -0.2) is 62.1 Å². The van der Waals surface area contributed by atoms with Gasteiger partial charge in [-0.25, -0.2) is 4.79 Å². The van der Waals surface area contributed by atoms with Crippen molar-refractivity contribution in [3.8, 4) is 0 Å². The number of hydrogen-bond donors (Lipinski definition) is 5. The van der Waals surface area contributed by atoms with Gasteiger partial charge in [-0.3, -0.25) is 14.9 Å². The summed E-state index contributed by atoms with van der Waals surface area (Å²) in [5, 5.41) is 18.9. The SMILES string of the molecule is C=CC12NC(C)(CC3(CCC(=O)O)NC(C(=O)OC)(/C=c4/cc/c([nH]4)=C/c4cc5c([nH]4)C1(C)CC5)C(=O)C3C)C(CC)C2C. The number of carboxylic acid groups (broad SMARTS) is 1. The van der Waals surface area contributed by atoms with E-state index in [1.54, 1.807) is 6.08 Å². The minimum atomic E-state index is -1.78. The Bertz CT molecular complexity index is 1670. The van der Waals surface area contributed by atoms with Crippen molar-refractivity contribution in [3.63, 3.8) is 0 Å². The molecule has 5 heterocycles. The van der Waals surface area contributed by atoms with E-state index in [9.17, 15) is 19.5 Å². The largest absolute Gasteiger partial charge is 0.481 e. The van der Waals surface area contributed by atoms with Crippen molar-refractivity contribution in [1.29, 1.82) is 0 Å². The van der Waals surface area contributed by atoms with Gasteiger partial charge in [0.05, 0.1) is 12.6 Å². The predicted molar refractivity (Wildman–Crippen MR) is 168 cm³/mol. The number of H-pyrrole nitrogens is 2. The molecule has 0 radical (unpaired) electrons. The molecule has 236 valence electrons. The normalized spacial score (nSPS) is 40.6. The van der Waals surface area contributed by atoms with Gasteiger partial charge in [-0.15, -0.1) is 6.58 Å². The van der Waals surface area contributed by atoms with E-state index < -0.39 is 40.0 Å². The molecule has 2 aromatic rings. The van der Waals surface area contributed by atoms with Gasteiger partial charge in [0, 0.05) is 50.9 Å². The number of aryl methyl sites for hydroxylation is 1. The van der Waals surface area contributed by atoms with Crippen molar-refractivity contribution in [1.82, 2.24) is 20.6 Å². The lowest BCUT2D eigenvalue weighted by atomic mass is 9.61. The zero-order valence-corrected chi connectivity index (χ0v) is 26.7. The highest BCUT2D eigenvalue weighted by Crippen LogP contribution is 2.59. The molecule has 8 unspecified atom stereocenters. The quantitative estimate of drug-likeness (QED) is 0.195. The maximum atomic E-state index is 14.4. The molecule has 9 nitrogen and oxygen atoms in total. The molecule has 0 saturated carbocycles. The van der Waals surface area contributed by atoms with Gasteiger partial charge in [-0.05, 0) is 80.4 Å². The van der Waals surface area contributed by atoms with Gasteiger partial charge in [-0.1, -0.05) is 40.2 Å². The number of aromatic amines is 2. The summed E-state index contributed by atoms with van der Waals surface area (Å²) in [6, 6.07) is 5.99. The molecule has 44 heavy (non-hydrogen) atoms. The lowest BCUT2D eigenvalue weighted by molar-refractivity contribution is -0.148.